The number of H-pyrrole nitrogens is 1. The van der Waals surface area contributed by atoms with Gasteiger partial charge < -0.3 is 10.3 Å². The van der Waals surface area contributed by atoms with Crippen LogP contribution in [-0.4, -0.2) is 26.6 Å². The van der Waals surface area contributed by atoms with E-state index in [0.717, 1.165) is 28.1 Å². The first-order valence-electron chi connectivity index (χ1n) is 8.94. The summed E-state index contributed by atoms with van der Waals surface area (Å²) in [6.45, 7) is 6.36. The van der Waals surface area contributed by atoms with E-state index in [-0.39, 0.29) is 22.4 Å². The summed E-state index contributed by atoms with van der Waals surface area (Å²) in [5.41, 5.74) is 1.39. The SMILES string of the molecule is CC[C@H](C)Cc1c(C)sc2nc(SCC(=O)Nc3cccnc3Cl)[nH]c(=O)c12. The number of hydrogen-bond donors (Lipinski definition) is 2. The summed E-state index contributed by atoms with van der Waals surface area (Å²) in [4.78, 5) is 37.9. The molecule has 9 heteroatoms. The van der Waals surface area contributed by atoms with Crippen LogP contribution in [0.2, 0.25) is 5.15 Å². The largest absolute Gasteiger partial charge is 0.323 e. The van der Waals surface area contributed by atoms with E-state index in [9.17, 15) is 9.59 Å². The molecule has 6 nitrogen and oxygen atoms in total. The zero-order valence-electron chi connectivity index (χ0n) is 15.8. The molecule has 3 aromatic rings. The molecule has 1 atom stereocenters. The first kappa shape index (κ1) is 20.8. The average Bonchev–Trinajstić information content (AvgIpc) is 2.97. The number of amides is 1. The van der Waals surface area contributed by atoms with Crippen LogP contribution in [0.25, 0.3) is 10.2 Å². The number of carbonyl (C=O) groups excluding carboxylic acids is 1. The Kier molecular flexibility index (Phi) is 6.74. The fourth-order valence-electron chi connectivity index (χ4n) is 2.76. The third-order valence-corrected chi connectivity index (χ3v) is 6.68. The van der Waals surface area contributed by atoms with Gasteiger partial charge >= 0.3 is 0 Å². The lowest BCUT2D eigenvalue weighted by molar-refractivity contribution is -0.113. The van der Waals surface area contributed by atoms with Crippen LogP contribution in [0, 0.1) is 12.8 Å². The predicted octanol–water partition coefficient (Wildman–Crippen LogP) is 4.66. The number of halogens is 1. The highest BCUT2D eigenvalue weighted by molar-refractivity contribution is 7.99. The fraction of sp³-hybridized carbons (Fsp3) is 0.368. The van der Waals surface area contributed by atoms with Gasteiger partial charge in [0.1, 0.15) is 4.83 Å². The van der Waals surface area contributed by atoms with Crippen LogP contribution < -0.4 is 10.9 Å². The second kappa shape index (κ2) is 9.07. The minimum absolute atomic E-state index is 0.101. The molecule has 0 bridgehead atoms. The molecular weight excluding hydrogens is 416 g/mol. The van der Waals surface area contributed by atoms with Crippen molar-refractivity contribution in [1.29, 1.82) is 0 Å². The summed E-state index contributed by atoms with van der Waals surface area (Å²) in [7, 11) is 0. The third-order valence-electron chi connectivity index (χ3n) is 4.46. The topological polar surface area (TPSA) is 87.7 Å². The first-order chi connectivity index (χ1) is 13.4. The van der Waals surface area contributed by atoms with Crippen molar-refractivity contribution in [2.45, 2.75) is 38.8 Å². The van der Waals surface area contributed by atoms with Crippen molar-refractivity contribution < 1.29 is 4.79 Å². The van der Waals surface area contributed by atoms with Crippen molar-refractivity contribution in [2.24, 2.45) is 5.92 Å². The van der Waals surface area contributed by atoms with Crippen LogP contribution in [0.4, 0.5) is 5.69 Å². The summed E-state index contributed by atoms with van der Waals surface area (Å²) in [6.07, 6.45) is 3.48. The molecule has 148 valence electrons. The number of nitrogens with zero attached hydrogens (tertiary/aromatic N) is 2. The molecule has 0 radical (unpaired) electrons. The second-order valence-corrected chi connectivity index (χ2v) is 9.11. The number of fused-ring (bicyclic) bond motifs is 1. The molecule has 28 heavy (non-hydrogen) atoms. The van der Waals surface area contributed by atoms with Crippen molar-refractivity contribution in [3.8, 4) is 0 Å². The molecule has 3 heterocycles. The van der Waals surface area contributed by atoms with Gasteiger partial charge in [-0.15, -0.1) is 11.3 Å². The molecule has 0 aliphatic rings. The Morgan fingerprint density at radius 3 is 2.96 bits per heavy atom. The zero-order valence-corrected chi connectivity index (χ0v) is 18.2. The first-order valence-corrected chi connectivity index (χ1v) is 11.1. The average molecular weight is 437 g/mol. The highest BCUT2D eigenvalue weighted by atomic mass is 35.5. The Labute approximate surface area is 176 Å². The molecular formula is C19H21ClN4O2S2. The van der Waals surface area contributed by atoms with Crippen molar-refractivity contribution in [1.82, 2.24) is 15.0 Å². The number of aromatic nitrogens is 3. The van der Waals surface area contributed by atoms with Gasteiger partial charge in [0.15, 0.2) is 10.3 Å². The zero-order chi connectivity index (χ0) is 20.3. The van der Waals surface area contributed by atoms with Gasteiger partial charge in [-0.3, -0.25) is 9.59 Å². The lowest BCUT2D eigenvalue weighted by Crippen LogP contribution is -2.16. The van der Waals surface area contributed by atoms with Gasteiger partial charge in [-0.2, -0.15) is 0 Å². The number of nitrogens with one attached hydrogen (secondary N) is 2. The quantitative estimate of drug-likeness (QED) is 0.319. The van der Waals surface area contributed by atoms with Gasteiger partial charge in [-0.05, 0) is 37.0 Å². The van der Waals surface area contributed by atoms with E-state index in [1.54, 1.807) is 18.3 Å². The molecule has 3 aromatic heterocycles. The summed E-state index contributed by atoms with van der Waals surface area (Å²) in [6, 6.07) is 3.37. The molecule has 0 aliphatic carbocycles. The third kappa shape index (κ3) is 4.74. The van der Waals surface area contributed by atoms with Crippen LogP contribution in [-0.2, 0) is 11.2 Å². The molecule has 3 rings (SSSR count). The van der Waals surface area contributed by atoms with E-state index in [1.165, 1.54) is 23.1 Å². The Balaban J connectivity index is 1.75. The van der Waals surface area contributed by atoms with E-state index in [2.05, 4.69) is 34.1 Å². The number of hydrogen-bond acceptors (Lipinski definition) is 6. The Morgan fingerprint density at radius 1 is 1.46 bits per heavy atom. The van der Waals surface area contributed by atoms with Crippen LogP contribution in [0.5, 0.6) is 0 Å². The highest BCUT2D eigenvalue weighted by Gasteiger charge is 2.17. The number of aryl methyl sites for hydroxylation is 1. The molecule has 0 saturated carbocycles. The smallest absolute Gasteiger partial charge is 0.260 e. The molecule has 0 aliphatic heterocycles. The number of thiophene rings is 1. The maximum atomic E-state index is 12.7. The number of rotatable bonds is 7. The van der Waals surface area contributed by atoms with Crippen molar-refractivity contribution in [3.05, 3.63) is 44.3 Å². The molecule has 1 amide bonds. The molecule has 0 saturated heterocycles. The van der Waals surface area contributed by atoms with E-state index < -0.39 is 0 Å². The maximum Gasteiger partial charge on any atom is 0.260 e. The van der Waals surface area contributed by atoms with E-state index in [4.69, 9.17) is 11.6 Å². The molecule has 0 spiro atoms. The normalized spacial score (nSPS) is 12.3. The van der Waals surface area contributed by atoms with Crippen LogP contribution >= 0.6 is 34.7 Å². The Hall–Kier alpha value is -1.90. The highest BCUT2D eigenvalue weighted by Crippen LogP contribution is 2.30. The van der Waals surface area contributed by atoms with Crippen LogP contribution in [0.1, 0.15) is 30.7 Å². The van der Waals surface area contributed by atoms with E-state index >= 15 is 0 Å². The monoisotopic (exact) mass is 436 g/mol. The molecule has 0 fully saturated rings. The second-order valence-electron chi connectivity index (χ2n) is 6.58. The van der Waals surface area contributed by atoms with Gasteiger partial charge in [0.25, 0.3) is 5.56 Å². The van der Waals surface area contributed by atoms with Crippen LogP contribution in [0.3, 0.4) is 0 Å². The maximum absolute atomic E-state index is 12.7. The standard InChI is InChI=1S/C19H21ClN4O2S2/c1-4-10(2)8-12-11(3)28-18-15(12)17(26)23-19(24-18)27-9-14(25)22-13-6-5-7-21-16(13)20/h5-7,10H,4,8-9H2,1-3H3,(H,22,25)(H,23,24,26)/t10-/m0/s1. The summed E-state index contributed by atoms with van der Waals surface area (Å²) in [5.74, 6) is 0.361. The van der Waals surface area contributed by atoms with E-state index in [0.29, 0.717) is 22.1 Å². The number of carbonyl (C=O) groups is 1. The lowest BCUT2D eigenvalue weighted by atomic mass is 9.98. The van der Waals surface area contributed by atoms with Gasteiger partial charge in [-0.25, -0.2) is 9.97 Å². The lowest BCUT2D eigenvalue weighted by Gasteiger charge is -2.08. The van der Waals surface area contributed by atoms with Gasteiger partial charge in [0, 0.05) is 11.1 Å². The van der Waals surface area contributed by atoms with Crippen molar-refractivity contribution >= 4 is 56.5 Å². The fourth-order valence-corrected chi connectivity index (χ4v) is 4.70. The molecule has 2 N–H and O–H groups in total. The number of anilines is 1. The Bertz CT molecular complexity index is 1060. The number of pyridine rings is 1. The number of thioether (sulfide) groups is 1. The van der Waals surface area contributed by atoms with Gasteiger partial charge in [0.05, 0.1) is 16.8 Å². The minimum atomic E-state index is -0.248. The number of aromatic amines is 1. The predicted molar refractivity (Wildman–Crippen MR) is 117 cm³/mol. The minimum Gasteiger partial charge on any atom is -0.323 e. The Morgan fingerprint density at radius 2 is 2.25 bits per heavy atom. The van der Waals surface area contributed by atoms with Crippen molar-refractivity contribution in [2.75, 3.05) is 11.1 Å². The van der Waals surface area contributed by atoms with Gasteiger partial charge in [-0.1, -0.05) is 43.6 Å². The summed E-state index contributed by atoms with van der Waals surface area (Å²) >= 11 is 8.65. The molecule has 0 unspecified atom stereocenters. The van der Waals surface area contributed by atoms with Crippen LogP contribution in [0.15, 0.2) is 28.3 Å². The summed E-state index contributed by atoms with van der Waals surface area (Å²) < 4.78 is 0. The molecule has 0 aromatic carbocycles. The summed E-state index contributed by atoms with van der Waals surface area (Å²) in [5, 5.41) is 4.05. The van der Waals surface area contributed by atoms with Gasteiger partial charge in [0.2, 0.25) is 5.91 Å². The van der Waals surface area contributed by atoms with E-state index in [1.807, 2.05) is 6.92 Å². The van der Waals surface area contributed by atoms with Crippen molar-refractivity contribution in [3.63, 3.8) is 0 Å².